The van der Waals surface area contributed by atoms with E-state index in [1.807, 2.05) is 0 Å². The van der Waals surface area contributed by atoms with Gasteiger partial charge in [-0.15, -0.1) is 0 Å². The van der Waals surface area contributed by atoms with E-state index in [0.29, 0.717) is 0 Å². The molecule has 0 aliphatic heterocycles. The van der Waals surface area contributed by atoms with Gasteiger partial charge < -0.3 is 0 Å². The lowest BCUT2D eigenvalue weighted by Crippen LogP contribution is -2.07. The molecule has 0 saturated heterocycles. The van der Waals surface area contributed by atoms with Gasteiger partial charge >= 0.3 is 0 Å². The molecule has 0 heterocycles. The van der Waals surface area contributed by atoms with E-state index >= 15 is 0 Å². The standard InChI is InChI=1S/C14H12O7S2/c1-9-5-6-11(8-13(9)23(19,20)21)14(15)10-3-2-4-12(7-10)22(16,17)18/h2-8H,1H3,(H,16,17,18)(H,19,20,21). The maximum atomic E-state index is 12.4. The Labute approximate surface area is 133 Å². The minimum atomic E-state index is -4.49. The van der Waals surface area contributed by atoms with Crippen molar-refractivity contribution >= 4 is 26.0 Å². The molecule has 2 aromatic carbocycles. The Hall–Kier alpha value is -2.07. The molecule has 0 aromatic heterocycles. The maximum absolute atomic E-state index is 12.4. The summed E-state index contributed by atoms with van der Waals surface area (Å²) in [5.74, 6) is -0.652. The third-order valence-corrected chi connectivity index (χ3v) is 4.97. The summed E-state index contributed by atoms with van der Waals surface area (Å²) in [5, 5.41) is 0. The zero-order chi connectivity index (χ0) is 17.4. The fourth-order valence-corrected chi connectivity index (χ4v) is 3.26. The fourth-order valence-electron chi connectivity index (χ4n) is 1.98. The van der Waals surface area contributed by atoms with Crippen molar-refractivity contribution in [3.05, 3.63) is 59.2 Å². The largest absolute Gasteiger partial charge is 0.294 e. The first kappa shape index (κ1) is 17.3. The smallest absolute Gasteiger partial charge is 0.289 e. The summed E-state index contributed by atoms with van der Waals surface area (Å²) in [6.45, 7) is 1.45. The number of hydrogen-bond donors (Lipinski definition) is 2. The Kier molecular flexibility index (Phi) is 4.40. The van der Waals surface area contributed by atoms with Gasteiger partial charge in [0.15, 0.2) is 5.78 Å². The molecule has 0 radical (unpaired) electrons. The molecule has 0 spiro atoms. The van der Waals surface area contributed by atoms with E-state index in [1.54, 1.807) is 0 Å². The Morgan fingerprint density at radius 3 is 2.04 bits per heavy atom. The van der Waals surface area contributed by atoms with Crippen LogP contribution in [0.1, 0.15) is 21.5 Å². The van der Waals surface area contributed by atoms with Gasteiger partial charge in [0.1, 0.15) is 0 Å². The summed E-state index contributed by atoms with van der Waals surface area (Å²) < 4.78 is 62.9. The molecule has 0 aliphatic carbocycles. The molecule has 122 valence electrons. The number of carbonyl (C=O) groups is 1. The van der Waals surface area contributed by atoms with Gasteiger partial charge in [0.2, 0.25) is 0 Å². The van der Waals surface area contributed by atoms with Crippen molar-refractivity contribution < 1.29 is 30.7 Å². The van der Waals surface area contributed by atoms with E-state index in [-0.39, 0.29) is 16.7 Å². The van der Waals surface area contributed by atoms with Crippen LogP contribution in [0.4, 0.5) is 0 Å². The van der Waals surface area contributed by atoms with E-state index in [2.05, 4.69) is 0 Å². The molecular formula is C14H12O7S2. The summed E-state index contributed by atoms with van der Waals surface area (Å²) >= 11 is 0. The van der Waals surface area contributed by atoms with E-state index in [0.717, 1.165) is 18.2 Å². The molecule has 0 unspecified atom stereocenters. The Morgan fingerprint density at radius 1 is 0.870 bits per heavy atom. The first-order chi connectivity index (χ1) is 10.5. The molecule has 0 amide bonds. The lowest BCUT2D eigenvalue weighted by molar-refractivity contribution is 0.103. The normalized spacial score (nSPS) is 12.1. The Bertz CT molecular complexity index is 990. The Morgan fingerprint density at radius 2 is 1.48 bits per heavy atom. The summed E-state index contributed by atoms with van der Waals surface area (Å²) in [6.07, 6.45) is 0. The van der Waals surface area contributed by atoms with Gasteiger partial charge in [-0.2, -0.15) is 16.8 Å². The lowest BCUT2D eigenvalue weighted by atomic mass is 10.0. The number of carbonyl (C=O) groups excluding carboxylic acids is 1. The lowest BCUT2D eigenvalue weighted by Gasteiger charge is -2.07. The highest BCUT2D eigenvalue weighted by molar-refractivity contribution is 7.86. The summed E-state index contributed by atoms with van der Waals surface area (Å²) in [6, 6.07) is 8.40. The predicted molar refractivity (Wildman–Crippen MR) is 80.7 cm³/mol. The Balaban J connectivity index is 2.54. The molecule has 9 heteroatoms. The number of benzene rings is 2. The first-order valence-corrected chi connectivity index (χ1v) is 9.08. The van der Waals surface area contributed by atoms with Crippen molar-refractivity contribution in [2.24, 2.45) is 0 Å². The molecule has 2 aromatic rings. The quantitative estimate of drug-likeness (QED) is 0.631. The summed E-state index contributed by atoms with van der Waals surface area (Å²) in [7, 11) is -8.96. The van der Waals surface area contributed by atoms with Crippen LogP contribution in [0.15, 0.2) is 52.3 Å². The zero-order valence-corrected chi connectivity index (χ0v) is 13.4. The molecule has 2 N–H and O–H groups in total. The van der Waals surface area contributed by atoms with Crippen LogP contribution in [0.25, 0.3) is 0 Å². The van der Waals surface area contributed by atoms with Crippen molar-refractivity contribution in [1.82, 2.24) is 0 Å². The minimum Gasteiger partial charge on any atom is -0.289 e. The first-order valence-electron chi connectivity index (χ1n) is 6.20. The molecule has 2 rings (SSSR count). The van der Waals surface area contributed by atoms with Crippen LogP contribution in [0, 0.1) is 6.92 Å². The molecule has 0 saturated carbocycles. The number of rotatable bonds is 4. The van der Waals surface area contributed by atoms with Gasteiger partial charge in [0, 0.05) is 11.1 Å². The molecule has 0 bridgehead atoms. The van der Waals surface area contributed by atoms with Gasteiger partial charge in [0.25, 0.3) is 20.2 Å². The van der Waals surface area contributed by atoms with Gasteiger partial charge in [-0.1, -0.05) is 24.3 Å². The third-order valence-electron chi connectivity index (χ3n) is 3.12. The fraction of sp³-hybridized carbons (Fsp3) is 0.0714. The molecular weight excluding hydrogens is 344 g/mol. The van der Waals surface area contributed by atoms with Crippen molar-refractivity contribution in [2.75, 3.05) is 0 Å². The molecule has 0 aliphatic rings. The highest BCUT2D eigenvalue weighted by Gasteiger charge is 2.18. The number of hydrogen-bond acceptors (Lipinski definition) is 5. The molecule has 0 fully saturated rings. The minimum absolute atomic E-state index is 0.0456. The van der Waals surface area contributed by atoms with Gasteiger partial charge in [-0.25, -0.2) is 0 Å². The predicted octanol–water partition coefficient (Wildman–Crippen LogP) is 1.72. The summed E-state index contributed by atoms with van der Waals surface area (Å²) in [4.78, 5) is 11.5. The second-order valence-corrected chi connectivity index (χ2v) is 7.60. The number of aryl methyl sites for hydroxylation is 1. The van der Waals surface area contributed by atoms with Crippen molar-refractivity contribution in [3.63, 3.8) is 0 Å². The second-order valence-electron chi connectivity index (χ2n) is 4.79. The monoisotopic (exact) mass is 356 g/mol. The maximum Gasteiger partial charge on any atom is 0.294 e. The van der Waals surface area contributed by atoms with E-state index in [9.17, 15) is 21.6 Å². The summed E-state index contributed by atoms with van der Waals surface area (Å²) in [5.41, 5.74) is 0.164. The molecule has 0 atom stereocenters. The van der Waals surface area contributed by atoms with Crippen LogP contribution >= 0.6 is 0 Å². The van der Waals surface area contributed by atoms with Crippen LogP contribution in [0.2, 0.25) is 0 Å². The van der Waals surface area contributed by atoms with E-state index in [4.69, 9.17) is 9.11 Å². The van der Waals surface area contributed by atoms with Gasteiger partial charge in [-0.05, 0) is 30.7 Å². The van der Waals surface area contributed by atoms with Crippen LogP contribution < -0.4 is 0 Å². The van der Waals surface area contributed by atoms with Crippen LogP contribution in [0.5, 0.6) is 0 Å². The topological polar surface area (TPSA) is 126 Å². The van der Waals surface area contributed by atoms with E-state index < -0.39 is 35.8 Å². The highest BCUT2D eigenvalue weighted by Crippen LogP contribution is 2.20. The van der Waals surface area contributed by atoms with Crippen LogP contribution in [-0.2, 0) is 20.2 Å². The average molecular weight is 356 g/mol. The van der Waals surface area contributed by atoms with Crippen molar-refractivity contribution in [1.29, 1.82) is 0 Å². The average Bonchev–Trinajstić information content (AvgIpc) is 2.45. The SMILES string of the molecule is Cc1ccc(C(=O)c2cccc(S(=O)(=O)O)c2)cc1S(=O)(=O)O. The highest BCUT2D eigenvalue weighted by atomic mass is 32.2. The van der Waals surface area contributed by atoms with Crippen molar-refractivity contribution in [2.45, 2.75) is 16.7 Å². The third kappa shape index (κ3) is 3.82. The second kappa shape index (κ2) is 5.85. The van der Waals surface area contributed by atoms with Crippen LogP contribution in [-0.4, -0.2) is 31.7 Å². The number of ketones is 1. The molecule has 7 nitrogen and oxygen atoms in total. The van der Waals surface area contributed by atoms with E-state index in [1.165, 1.54) is 31.2 Å². The van der Waals surface area contributed by atoms with Gasteiger partial charge in [-0.3, -0.25) is 13.9 Å². The van der Waals surface area contributed by atoms with Crippen LogP contribution in [0.3, 0.4) is 0 Å². The zero-order valence-electron chi connectivity index (χ0n) is 11.8. The van der Waals surface area contributed by atoms with Gasteiger partial charge in [0.05, 0.1) is 9.79 Å². The van der Waals surface area contributed by atoms with Crippen molar-refractivity contribution in [3.8, 4) is 0 Å². The molecule has 23 heavy (non-hydrogen) atoms.